The van der Waals surface area contributed by atoms with Crippen molar-refractivity contribution in [2.75, 3.05) is 17.3 Å². The standard InChI is InChI=1S/C30H26Cl2N4O3/c1-15(2)35-26-25(34-27(35)20-12-16(3)6-11-24(20)39-5)28(37)36(23-14-19(32)8-7-17(23)4)30(26)21-10-9-18(31)13-22(21)33-29(30)38/h6-15H,1-5H3,(H,33,38)/t30-/m0/s1. The summed E-state index contributed by atoms with van der Waals surface area (Å²) in [5.74, 6) is 0.426. The number of aryl methyl sites for hydroxylation is 2. The minimum Gasteiger partial charge on any atom is -0.496 e. The van der Waals surface area contributed by atoms with Crippen LogP contribution in [0.5, 0.6) is 5.75 Å². The van der Waals surface area contributed by atoms with E-state index < -0.39 is 5.54 Å². The molecule has 198 valence electrons. The molecule has 2 aliphatic rings. The molecule has 9 heteroatoms. The molecule has 0 saturated heterocycles. The van der Waals surface area contributed by atoms with Gasteiger partial charge in [-0.15, -0.1) is 0 Å². The number of halogens is 2. The molecule has 1 N–H and O–H groups in total. The highest BCUT2D eigenvalue weighted by Gasteiger charge is 2.64. The normalized spacial score (nSPS) is 17.7. The molecule has 0 aliphatic carbocycles. The fraction of sp³-hybridized carbons (Fsp3) is 0.233. The molecule has 1 spiro atoms. The average Bonchev–Trinajstić information content (AvgIpc) is 3.49. The maximum Gasteiger partial charge on any atom is 0.280 e. The third-order valence-corrected chi connectivity index (χ3v) is 7.94. The van der Waals surface area contributed by atoms with Gasteiger partial charge in [-0.2, -0.15) is 0 Å². The van der Waals surface area contributed by atoms with Crippen molar-refractivity contribution in [3.63, 3.8) is 0 Å². The Kier molecular flexibility index (Phi) is 5.79. The topological polar surface area (TPSA) is 76.5 Å². The van der Waals surface area contributed by atoms with Crippen molar-refractivity contribution < 1.29 is 14.3 Å². The number of rotatable bonds is 4. The number of nitrogens with zero attached hydrogens (tertiary/aromatic N) is 3. The Labute approximate surface area is 236 Å². The lowest BCUT2D eigenvalue weighted by Crippen LogP contribution is -2.51. The van der Waals surface area contributed by atoms with Gasteiger partial charge in [-0.3, -0.25) is 14.5 Å². The van der Waals surface area contributed by atoms with Gasteiger partial charge in [0.05, 0.1) is 24.1 Å². The second-order valence-electron chi connectivity index (χ2n) is 10.2. The van der Waals surface area contributed by atoms with Crippen molar-refractivity contribution in [2.45, 2.75) is 39.3 Å². The van der Waals surface area contributed by atoms with Crippen LogP contribution in [0.2, 0.25) is 10.0 Å². The smallest absolute Gasteiger partial charge is 0.280 e. The molecule has 6 rings (SSSR count). The van der Waals surface area contributed by atoms with Crippen molar-refractivity contribution in [3.8, 4) is 17.1 Å². The molecule has 0 unspecified atom stereocenters. The van der Waals surface area contributed by atoms with Gasteiger partial charge in [0.2, 0.25) is 0 Å². The number of hydrogen-bond acceptors (Lipinski definition) is 4. The zero-order valence-electron chi connectivity index (χ0n) is 22.1. The monoisotopic (exact) mass is 560 g/mol. The van der Waals surface area contributed by atoms with Crippen LogP contribution >= 0.6 is 23.2 Å². The zero-order valence-corrected chi connectivity index (χ0v) is 23.6. The maximum atomic E-state index is 14.5. The highest BCUT2D eigenvalue weighted by Crippen LogP contribution is 2.55. The van der Waals surface area contributed by atoms with Gasteiger partial charge in [-0.25, -0.2) is 4.98 Å². The van der Waals surface area contributed by atoms with E-state index >= 15 is 0 Å². The number of carbonyl (C=O) groups excluding carboxylic acids is 2. The van der Waals surface area contributed by atoms with E-state index in [1.807, 2.05) is 56.5 Å². The predicted octanol–water partition coefficient (Wildman–Crippen LogP) is 6.92. The fourth-order valence-electron chi connectivity index (χ4n) is 5.82. The first-order valence-electron chi connectivity index (χ1n) is 12.6. The second kappa shape index (κ2) is 8.86. The molecule has 0 bridgehead atoms. The summed E-state index contributed by atoms with van der Waals surface area (Å²) in [6, 6.07) is 16.2. The Hall–Kier alpha value is -3.81. The summed E-state index contributed by atoms with van der Waals surface area (Å²) in [5.41, 5.74) is 3.42. The first-order valence-corrected chi connectivity index (χ1v) is 13.3. The number of methoxy groups -OCH3 is 1. The number of ether oxygens (including phenoxy) is 1. The molecule has 3 heterocycles. The number of amides is 2. The molecule has 7 nitrogen and oxygen atoms in total. The maximum absolute atomic E-state index is 14.5. The molecule has 1 aromatic heterocycles. The molecule has 1 atom stereocenters. The van der Waals surface area contributed by atoms with Gasteiger partial charge in [-0.1, -0.05) is 47.0 Å². The lowest BCUT2D eigenvalue weighted by molar-refractivity contribution is -0.119. The van der Waals surface area contributed by atoms with Crippen molar-refractivity contribution in [2.24, 2.45) is 0 Å². The van der Waals surface area contributed by atoms with Gasteiger partial charge < -0.3 is 14.6 Å². The van der Waals surface area contributed by atoms with E-state index in [0.29, 0.717) is 44.3 Å². The molecule has 0 saturated carbocycles. The highest BCUT2D eigenvalue weighted by molar-refractivity contribution is 6.32. The van der Waals surface area contributed by atoms with E-state index in [1.165, 1.54) is 4.90 Å². The number of carbonyl (C=O) groups is 2. The lowest BCUT2D eigenvalue weighted by Gasteiger charge is -2.36. The second-order valence-corrected chi connectivity index (χ2v) is 11.1. The molecule has 4 aromatic rings. The van der Waals surface area contributed by atoms with Gasteiger partial charge >= 0.3 is 0 Å². The summed E-state index contributed by atoms with van der Waals surface area (Å²) < 4.78 is 7.67. The first kappa shape index (κ1) is 25.5. The lowest BCUT2D eigenvalue weighted by atomic mass is 9.86. The minimum absolute atomic E-state index is 0.157. The van der Waals surface area contributed by atoms with Crippen molar-refractivity contribution in [1.82, 2.24) is 9.55 Å². The van der Waals surface area contributed by atoms with Crippen LogP contribution in [0.4, 0.5) is 11.4 Å². The number of nitrogens with one attached hydrogen (secondary N) is 1. The van der Waals surface area contributed by atoms with E-state index in [2.05, 4.69) is 5.32 Å². The molecule has 2 aliphatic heterocycles. The Bertz CT molecular complexity index is 1710. The molecular formula is C30H26Cl2N4O3. The van der Waals surface area contributed by atoms with E-state index in [1.54, 1.807) is 37.4 Å². The summed E-state index contributed by atoms with van der Waals surface area (Å²) in [6.07, 6.45) is 0. The van der Waals surface area contributed by atoms with Gasteiger partial charge in [0.15, 0.2) is 11.2 Å². The quantitative estimate of drug-likeness (QED) is 0.294. The first-order chi connectivity index (χ1) is 18.6. The number of fused-ring (bicyclic) bond motifs is 4. The zero-order chi connectivity index (χ0) is 27.8. The third-order valence-electron chi connectivity index (χ3n) is 7.47. The van der Waals surface area contributed by atoms with E-state index in [4.69, 9.17) is 32.9 Å². The Balaban J connectivity index is 1.75. The Morgan fingerprint density at radius 1 is 0.974 bits per heavy atom. The van der Waals surface area contributed by atoms with E-state index in [0.717, 1.165) is 16.7 Å². The van der Waals surface area contributed by atoms with Crippen LogP contribution in [0, 0.1) is 13.8 Å². The summed E-state index contributed by atoms with van der Waals surface area (Å²) in [5, 5.41) is 3.93. The van der Waals surface area contributed by atoms with Crippen LogP contribution in [-0.4, -0.2) is 28.5 Å². The minimum atomic E-state index is -1.53. The molecular weight excluding hydrogens is 535 g/mol. The molecule has 0 radical (unpaired) electrons. The van der Waals surface area contributed by atoms with Gasteiger partial charge in [0.1, 0.15) is 11.6 Å². The fourth-order valence-corrected chi connectivity index (χ4v) is 6.16. The summed E-state index contributed by atoms with van der Waals surface area (Å²) in [4.78, 5) is 35.2. The number of anilines is 2. The summed E-state index contributed by atoms with van der Waals surface area (Å²) in [6.45, 7) is 7.89. The van der Waals surface area contributed by atoms with E-state index in [9.17, 15) is 9.59 Å². The van der Waals surface area contributed by atoms with Gasteiger partial charge in [0, 0.05) is 27.3 Å². The average molecular weight is 561 g/mol. The molecule has 39 heavy (non-hydrogen) atoms. The van der Waals surface area contributed by atoms with Crippen LogP contribution in [-0.2, 0) is 10.3 Å². The molecule has 2 amide bonds. The van der Waals surface area contributed by atoms with Crippen LogP contribution in [0.15, 0.2) is 54.6 Å². The van der Waals surface area contributed by atoms with E-state index in [-0.39, 0.29) is 23.6 Å². The van der Waals surface area contributed by atoms with Crippen LogP contribution < -0.4 is 15.0 Å². The molecule has 0 fully saturated rings. The Morgan fingerprint density at radius 2 is 1.69 bits per heavy atom. The van der Waals surface area contributed by atoms with Crippen molar-refractivity contribution in [3.05, 3.63) is 92.7 Å². The SMILES string of the molecule is COc1ccc(C)cc1-c1nc2c(n1C(C)C)[C@@]1(C(=O)Nc3cc(Cl)ccc31)N(c1cc(Cl)ccc1C)C2=O. The van der Waals surface area contributed by atoms with Crippen LogP contribution in [0.25, 0.3) is 11.4 Å². The predicted molar refractivity (Wildman–Crippen MR) is 153 cm³/mol. The summed E-state index contributed by atoms with van der Waals surface area (Å²) in [7, 11) is 1.60. The van der Waals surface area contributed by atoms with Crippen LogP contribution in [0.3, 0.4) is 0 Å². The largest absolute Gasteiger partial charge is 0.496 e. The highest BCUT2D eigenvalue weighted by atomic mass is 35.5. The third kappa shape index (κ3) is 3.46. The molecule has 3 aromatic carbocycles. The van der Waals surface area contributed by atoms with Crippen molar-refractivity contribution >= 4 is 46.4 Å². The summed E-state index contributed by atoms with van der Waals surface area (Å²) >= 11 is 12.8. The number of benzene rings is 3. The Morgan fingerprint density at radius 3 is 2.41 bits per heavy atom. The van der Waals surface area contributed by atoms with Gasteiger partial charge in [0.25, 0.3) is 11.8 Å². The number of hydrogen-bond donors (Lipinski definition) is 1. The number of aromatic nitrogens is 2. The number of imidazole rings is 1. The van der Waals surface area contributed by atoms with Crippen molar-refractivity contribution in [1.29, 1.82) is 0 Å². The van der Waals surface area contributed by atoms with Crippen LogP contribution in [0.1, 0.15) is 52.8 Å². The van der Waals surface area contributed by atoms with Gasteiger partial charge in [-0.05, 0) is 69.7 Å².